The molecule has 19 heavy (non-hydrogen) atoms. The van der Waals surface area contributed by atoms with Gasteiger partial charge < -0.3 is 0 Å². The van der Waals surface area contributed by atoms with Crippen LogP contribution in [0.5, 0.6) is 0 Å². The number of benzene rings is 2. The van der Waals surface area contributed by atoms with Crippen LogP contribution in [0.2, 0.25) is 0 Å². The molecule has 0 saturated carbocycles. The maximum atomic E-state index is 12.3. The third-order valence-electron chi connectivity index (χ3n) is 3.13. The molecular weight excluding hydrogens is 300 g/mol. The highest BCUT2D eigenvalue weighted by Crippen LogP contribution is 2.13. The fraction of sp³-hybridized carbons (Fsp3) is 0.235. The van der Waals surface area contributed by atoms with Crippen LogP contribution in [0.3, 0.4) is 0 Å². The molecule has 1 nitrogen and oxygen atoms in total. The lowest BCUT2D eigenvalue weighted by atomic mass is 10.0. The number of hydrogen-bond acceptors (Lipinski definition) is 1. The summed E-state index contributed by atoms with van der Waals surface area (Å²) in [6.07, 6.45) is 2.16. The van der Waals surface area contributed by atoms with Gasteiger partial charge in [-0.15, -0.1) is 0 Å². The van der Waals surface area contributed by atoms with E-state index in [2.05, 4.69) is 15.9 Å². The van der Waals surface area contributed by atoms with Crippen LogP contribution in [-0.2, 0) is 6.42 Å². The molecule has 0 heterocycles. The van der Waals surface area contributed by atoms with Crippen molar-refractivity contribution in [2.45, 2.75) is 19.8 Å². The summed E-state index contributed by atoms with van der Waals surface area (Å²) in [6, 6.07) is 15.6. The van der Waals surface area contributed by atoms with E-state index in [-0.39, 0.29) is 5.78 Å². The van der Waals surface area contributed by atoms with Crippen LogP contribution < -0.4 is 0 Å². The Bertz CT molecular complexity index is 540. The van der Waals surface area contributed by atoms with Gasteiger partial charge in [0.2, 0.25) is 0 Å². The molecule has 0 aromatic heterocycles. The molecule has 0 saturated heterocycles. The molecule has 0 spiro atoms. The smallest absolute Gasteiger partial charge is 0.193 e. The first-order valence-electron chi connectivity index (χ1n) is 6.47. The van der Waals surface area contributed by atoms with Crippen molar-refractivity contribution in [1.82, 2.24) is 0 Å². The largest absolute Gasteiger partial charge is 0.289 e. The fourth-order valence-electron chi connectivity index (χ4n) is 1.97. The van der Waals surface area contributed by atoms with Crippen molar-refractivity contribution in [3.05, 3.63) is 70.8 Å². The molecule has 0 aliphatic carbocycles. The van der Waals surface area contributed by atoms with E-state index in [1.807, 2.05) is 55.5 Å². The van der Waals surface area contributed by atoms with Gasteiger partial charge >= 0.3 is 0 Å². The van der Waals surface area contributed by atoms with Crippen LogP contribution in [0, 0.1) is 6.92 Å². The monoisotopic (exact) mass is 316 g/mol. The molecule has 2 aromatic carbocycles. The summed E-state index contributed by atoms with van der Waals surface area (Å²) in [5.74, 6) is 0.0899. The number of rotatable bonds is 5. The molecular formula is C17H17BrO. The normalized spacial score (nSPS) is 10.4. The molecule has 2 aromatic rings. The lowest BCUT2D eigenvalue weighted by Gasteiger charge is -2.04. The Labute approximate surface area is 122 Å². The van der Waals surface area contributed by atoms with Gasteiger partial charge in [0, 0.05) is 16.5 Å². The minimum atomic E-state index is 0.0899. The van der Waals surface area contributed by atoms with Gasteiger partial charge in [-0.1, -0.05) is 70.0 Å². The topological polar surface area (TPSA) is 17.1 Å². The number of carbonyl (C=O) groups is 1. The third kappa shape index (κ3) is 3.77. The second-order valence-electron chi connectivity index (χ2n) is 4.68. The van der Waals surface area contributed by atoms with E-state index in [0.717, 1.165) is 29.3 Å². The molecule has 0 amide bonds. The number of aryl methyl sites for hydroxylation is 2. The SMILES string of the molecule is Cc1ccc(C(=O)c2ccc(CCCBr)cc2)cc1. The van der Waals surface area contributed by atoms with E-state index in [0.29, 0.717) is 0 Å². The summed E-state index contributed by atoms with van der Waals surface area (Å²) in [4.78, 5) is 12.3. The number of carbonyl (C=O) groups excluding carboxylic acids is 1. The molecule has 0 aliphatic heterocycles. The van der Waals surface area contributed by atoms with E-state index in [1.165, 1.54) is 11.1 Å². The quantitative estimate of drug-likeness (QED) is 0.584. The highest BCUT2D eigenvalue weighted by atomic mass is 79.9. The molecule has 0 bridgehead atoms. The van der Waals surface area contributed by atoms with Crippen LogP contribution >= 0.6 is 15.9 Å². The van der Waals surface area contributed by atoms with E-state index >= 15 is 0 Å². The molecule has 0 atom stereocenters. The lowest BCUT2D eigenvalue weighted by molar-refractivity contribution is 0.103. The Morgan fingerprint density at radius 3 is 2.00 bits per heavy atom. The van der Waals surface area contributed by atoms with Gasteiger partial charge in [-0.3, -0.25) is 4.79 Å². The maximum absolute atomic E-state index is 12.3. The number of ketones is 1. The first kappa shape index (κ1) is 14.0. The Hall–Kier alpha value is -1.41. The summed E-state index contributed by atoms with van der Waals surface area (Å²) in [5, 5.41) is 1.01. The van der Waals surface area contributed by atoms with Crippen LogP contribution in [0.4, 0.5) is 0 Å². The fourth-order valence-corrected chi connectivity index (χ4v) is 2.25. The summed E-state index contributed by atoms with van der Waals surface area (Å²) in [6.45, 7) is 2.02. The van der Waals surface area contributed by atoms with Gasteiger partial charge in [-0.05, 0) is 25.3 Å². The van der Waals surface area contributed by atoms with Gasteiger partial charge in [-0.2, -0.15) is 0 Å². The summed E-state index contributed by atoms with van der Waals surface area (Å²) >= 11 is 3.43. The van der Waals surface area contributed by atoms with Gasteiger partial charge in [-0.25, -0.2) is 0 Å². The van der Waals surface area contributed by atoms with Crippen molar-refractivity contribution < 1.29 is 4.79 Å². The van der Waals surface area contributed by atoms with Crippen LogP contribution in [-0.4, -0.2) is 11.1 Å². The summed E-state index contributed by atoms with van der Waals surface area (Å²) in [5.41, 5.74) is 3.95. The zero-order valence-corrected chi connectivity index (χ0v) is 12.6. The minimum absolute atomic E-state index is 0.0899. The Kier molecular flexibility index (Phi) is 4.92. The molecule has 0 unspecified atom stereocenters. The minimum Gasteiger partial charge on any atom is -0.289 e. The second kappa shape index (κ2) is 6.67. The molecule has 2 rings (SSSR count). The highest BCUT2D eigenvalue weighted by Gasteiger charge is 2.08. The molecule has 0 radical (unpaired) electrons. The van der Waals surface area contributed by atoms with E-state index in [4.69, 9.17) is 0 Å². The second-order valence-corrected chi connectivity index (χ2v) is 5.48. The standard InChI is InChI=1S/C17H17BrO/c1-13-4-8-15(9-5-13)17(19)16-10-6-14(7-11-16)3-2-12-18/h4-11H,2-3,12H2,1H3. The van der Waals surface area contributed by atoms with Crippen LogP contribution in [0.1, 0.15) is 33.5 Å². The van der Waals surface area contributed by atoms with Crippen molar-refractivity contribution in [2.75, 3.05) is 5.33 Å². The maximum Gasteiger partial charge on any atom is 0.193 e. The number of halogens is 1. The van der Waals surface area contributed by atoms with Gasteiger partial charge in [0.05, 0.1) is 0 Å². The van der Waals surface area contributed by atoms with E-state index in [9.17, 15) is 4.79 Å². The summed E-state index contributed by atoms with van der Waals surface area (Å²) in [7, 11) is 0. The number of hydrogen-bond donors (Lipinski definition) is 0. The van der Waals surface area contributed by atoms with Crippen molar-refractivity contribution >= 4 is 21.7 Å². The van der Waals surface area contributed by atoms with Gasteiger partial charge in [0.1, 0.15) is 0 Å². The molecule has 98 valence electrons. The van der Waals surface area contributed by atoms with Crippen LogP contribution in [0.25, 0.3) is 0 Å². The average Bonchev–Trinajstić information content (AvgIpc) is 2.46. The van der Waals surface area contributed by atoms with Crippen molar-refractivity contribution in [3.8, 4) is 0 Å². The van der Waals surface area contributed by atoms with Gasteiger partial charge in [0.25, 0.3) is 0 Å². The van der Waals surface area contributed by atoms with Crippen molar-refractivity contribution in [3.63, 3.8) is 0 Å². The Balaban J connectivity index is 2.13. The Morgan fingerprint density at radius 2 is 1.47 bits per heavy atom. The zero-order valence-electron chi connectivity index (χ0n) is 11.0. The van der Waals surface area contributed by atoms with Crippen molar-refractivity contribution in [2.24, 2.45) is 0 Å². The highest BCUT2D eigenvalue weighted by molar-refractivity contribution is 9.09. The molecule has 0 N–H and O–H groups in total. The lowest BCUT2D eigenvalue weighted by Crippen LogP contribution is -2.01. The molecule has 2 heteroatoms. The van der Waals surface area contributed by atoms with Crippen molar-refractivity contribution in [1.29, 1.82) is 0 Å². The first-order chi connectivity index (χ1) is 9.20. The number of alkyl halides is 1. The zero-order chi connectivity index (χ0) is 13.7. The Morgan fingerprint density at radius 1 is 0.947 bits per heavy atom. The first-order valence-corrected chi connectivity index (χ1v) is 7.59. The van der Waals surface area contributed by atoms with E-state index < -0.39 is 0 Å². The average molecular weight is 317 g/mol. The van der Waals surface area contributed by atoms with Gasteiger partial charge in [0.15, 0.2) is 5.78 Å². The van der Waals surface area contributed by atoms with E-state index in [1.54, 1.807) is 0 Å². The molecule has 0 fully saturated rings. The predicted octanol–water partition coefficient (Wildman–Crippen LogP) is 4.55. The summed E-state index contributed by atoms with van der Waals surface area (Å²) < 4.78 is 0. The third-order valence-corrected chi connectivity index (χ3v) is 3.69. The van der Waals surface area contributed by atoms with Crippen LogP contribution in [0.15, 0.2) is 48.5 Å². The molecule has 0 aliphatic rings. The predicted molar refractivity (Wildman–Crippen MR) is 83.2 cm³/mol.